The lowest BCUT2D eigenvalue weighted by Crippen LogP contribution is -2.63. The molecule has 2 aliphatic rings. The molecule has 0 bridgehead atoms. The Hall–Kier alpha value is -4.74. The summed E-state index contributed by atoms with van der Waals surface area (Å²) in [6.45, 7) is 3.48. The lowest BCUT2D eigenvalue weighted by atomic mass is 10.1. The Bertz CT molecular complexity index is 1290. The smallest absolute Gasteiger partial charge is 0.298 e. The number of hydrogen-bond acceptors (Lipinski definition) is 9. The van der Waals surface area contributed by atoms with Gasteiger partial charge in [0, 0.05) is 68.3 Å². The number of fused-ring (bicyclic) bond motifs is 1. The molecule has 0 aliphatic carbocycles. The molecule has 0 spiro atoms. The van der Waals surface area contributed by atoms with Crippen LogP contribution in [0.15, 0.2) is 24.3 Å². The maximum atomic E-state index is 13.0. The topological polar surface area (TPSA) is 99.2 Å². The summed E-state index contributed by atoms with van der Waals surface area (Å²) in [5.41, 5.74) is 1.13. The van der Waals surface area contributed by atoms with Crippen molar-refractivity contribution >= 4 is 11.8 Å². The number of amides is 2. The van der Waals surface area contributed by atoms with E-state index in [1.54, 1.807) is 34.1 Å². The second-order valence-corrected chi connectivity index (χ2v) is 9.52. The van der Waals surface area contributed by atoms with Crippen LogP contribution in [0.1, 0.15) is 11.1 Å². The van der Waals surface area contributed by atoms with E-state index in [4.69, 9.17) is 28.4 Å². The highest BCUT2D eigenvalue weighted by Crippen LogP contribution is 2.39. The molecule has 4 rings (SSSR count). The molecule has 0 N–H and O–H groups in total. The standard InChI is InChI=1S/C31H35N3O8/c1-37-24-15-21(16-25(38-2)30(24)41-5)7-9-28(35)33-13-11-32-12-14-34(20-23(32)19-33)29(36)10-8-22-17-26(39-3)31(42-6)27(18-22)40-4/h15-18,23H,11-14,19-20H2,1-6H3. The predicted molar refractivity (Wildman–Crippen MR) is 154 cm³/mol. The fourth-order valence-corrected chi connectivity index (χ4v) is 5.04. The van der Waals surface area contributed by atoms with Crippen LogP contribution in [-0.2, 0) is 9.59 Å². The van der Waals surface area contributed by atoms with E-state index in [1.807, 2.05) is 0 Å². The van der Waals surface area contributed by atoms with Crippen molar-refractivity contribution < 1.29 is 38.0 Å². The summed E-state index contributed by atoms with van der Waals surface area (Å²) in [6, 6.07) is 6.78. The van der Waals surface area contributed by atoms with Gasteiger partial charge in [-0.15, -0.1) is 0 Å². The molecule has 2 aromatic rings. The Morgan fingerprint density at radius 3 is 1.26 bits per heavy atom. The monoisotopic (exact) mass is 577 g/mol. The Balaban J connectivity index is 1.42. The number of carbonyl (C=O) groups is 2. The number of methoxy groups -OCH3 is 6. The van der Waals surface area contributed by atoms with Crippen LogP contribution in [0, 0.1) is 23.7 Å². The largest absolute Gasteiger partial charge is 0.493 e. The van der Waals surface area contributed by atoms with Crippen LogP contribution in [-0.4, -0.2) is 114 Å². The second kappa shape index (κ2) is 13.7. The first-order valence-electron chi connectivity index (χ1n) is 13.3. The molecular formula is C31H35N3O8. The van der Waals surface area contributed by atoms with Crippen LogP contribution in [0.5, 0.6) is 34.5 Å². The Morgan fingerprint density at radius 2 is 0.952 bits per heavy atom. The molecule has 2 aliphatic heterocycles. The molecule has 2 amide bonds. The first-order chi connectivity index (χ1) is 20.3. The summed E-state index contributed by atoms with van der Waals surface area (Å²) in [7, 11) is 9.15. The highest BCUT2D eigenvalue weighted by Gasteiger charge is 2.34. The van der Waals surface area contributed by atoms with Gasteiger partial charge in [-0.3, -0.25) is 14.5 Å². The molecule has 222 valence electrons. The number of piperazine rings is 2. The number of hydrogen-bond donors (Lipinski definition) is 0. The molecule has 2 fully saturated rings. The van der Waals surface area contributed by atoms with E-state index in [1.165, 1.54) is 42.7 Å². The Morgan fingerprint density at radius 1 is 0.595 bits per heavy atom. The number of carbonyl (C=O) groups excluding carboxylic acids is 2. The van der Waals surface area contributed by atoms with Gasteiger partial charge >= 0.3 is 0 Å². The number of ether oxygens (including phenoxy) is 6. The third-order valence-electron chi connectivity index (χ3n) is 7.22. The van der Waals surface area contributed by atoms with Gasteiger partial charge in [0.05, 0.1) is 42.7 Å². The highest BCUT2D eigenvalue weighted by atomic mass is 16.5. The highest BCUT2D eigenvalue weighted by molar-refractivity contribution is 5.95. The van der Waals surface area contributed by atoms with Gasteiger partial charge in [-0.2, -0.15) is 0 Å². The lowest BCUT2D eigenvalue weighted by molar-refractivity contribution is -0.132. The van der Waals surface area contributed by atoms with E-state index in [2.05, 4.69) is 28.6 Å². The molecular weight excluding hydrogens is 542 g/mol. The summed E-state index contributed by atoms with van der Waals surface area (Å²) < 4.78 is 32.2. The zero-order valence-corrected chi connectivity index (χ0v) is 24.7. The van der Waals surface area contributed by atoms with Gasteiger partial charge in [0.2, 0.25) is 11.5 Å². The Kier molecular flexibility index (Phi) is 9.89. The zero-order valence-electron chi connectivity index (χ0n) is 24.7. The number of benzene rings is 2. The van der Waals surface area contributed by atoms with E-state index < -0.39 is 0 Å². The van der Waals surface area contributed by atoms with E-state index in [0.29, 0.717) is 84.9 Å². The molecule has 0 atom stereocenters. The predicted octanol–water partition coefficient (Wildman–Crippen LogP) is 1.50. The summed E-state index contributed by atoms with van der Waals surface area (Å²) in [5, 5.41) is 0. The fourth-order valence-electron chi connectivity index (χ4n) is 5.04. The lowest BCUT2D eigenvalue weighted by Gasteiger charge is -2.46. The second-order valence-electron chi connectivity index (χ2n) is 9.52. The van der Waals surface area contributed by atoms with E-state index in [0.717, 1.165) is 0 Å². The van der Waals surface area contributed by atoms with Gasteiger partial charge < -0.3 is 38.2 Å². The normalized spacial score (nSPS) is 14.8. The van der Waals surface area contributed by atoms with Crippen molar-refractivity contribution in [2.24, 2.45) is 0 Å². The van der Waals surface area contributed by atoms with Crippen molar-refractivity contribution in [3.63, 3.8) is 0 Å². The molecule has 11 heteroatoms. The summed E-state index contributed by atoms with van der Waals surface area (Å²) in [4.78, 5) is 31.8. The van der Waals surface area contributed by atoms with Crippen LogP contribution >= 0.6 is 0 Å². The summed E-state index contributed by atoms with van der Waals surface area (Å²) >= 11 is 0. The van der Waals surface area contributed by atoms with Crippen LogP contribution in [0.3, 0.4) is 0 Å². The average molecular weight is 578 g/mol. The fraction of sp³-hybridized carbons (Fsp3) is 0.419. The van der Waals surface area contributed by atoms with Crippen molar-refractivity contribution in [3.05, 3.63) is 35.4 Å². The van der Waals surface area contributed by atoms with Gasteiger partial charge in [0.1, 0.15) is 0 Å². The molecule has 2 heterocycles. The van der Waals surface area contributed by atoms with Crippen LogP contribution in [0.2, 0.25) is 0 Å². The van der Waals surface area contributed by atoms with Crippen molar-refractivity contribution in [2.75, 3.05) is 81.9 Å². The molecule has 2 saturated heterocycles. The van der Waals surface area contributed by atoms with E-state index in [9.17, 15) is 9.59 Å². The molecule has 11 nitrogen and oxygen atoms in total. The number of nitrogens with zero attached hydrogens (tertiary/aromatic N) is 3. The van der Waals surface area contributed by atoms with E-state index in [-0.39, 0.29) is 17.9 Å². The quantitative estimate of drug-likeness (QED) is 0.473. The average Bonchev–Trinajstić information content (AvgIpc) is 3.04. The maximum Gasteiger partial charge on any atom is 0.298 e. The third-order valence-corrected chi connectivity index (χ3v) is 7.22. The summed E-state index contributed by atoms with van der Waals surface area (Å²) in [5.74, 6) is 13.5. The Labute approximate surface area is 246 Å². The van der Waals surface area contributed by atoms with Gasteiger partial charge in [0.15, 0.2) is 23.0 Å². The first kappa shape index (κ1) is 30.2. The number of rotatable bonds is 6. The van der Waals surface area contributed by atoms with Crippen molar-refractivity contribution in [1.29, 1.82) is 0 Å². The molecule has 42 heavy (non-hydrogen) atoms. The van der Waals surface area contributed by atoms with Crippen molar-refractivity contribution in [1.82, 2.24) is 14.7 Å². The minimum absolute atomic E-state index is 0.00801. The first-order valence-corrected chi connectivity index (χ1v) is 13.3. The van der Waals surface area contributed by atoms with Crippen molar-refractivity contribution in [2.45, 2.75) is 6.04 Å². The van der Waals surface area contributed by atoms with Gasteiger partial charge in [-0.25, -0.2) is 0 Å². The molecule has 0 radical (unpaired) electrons. The summed E-state index contributed by atoms with van der Waals surface area (Å²) in [6.07, 6.45) is 0. The molecule has 0 unspecified atom stereocenters. The maximum absolute atomic E-state index is 13.0. The van der Waals surface area contributed by atoms with Crippen molar-refractivity contribution in [3.8, 4) is 58.2 Å². The van der Waals surface area contributed by atoms with Gasteiger partial charge in [0.25, 0.3) is 11.8 Å². The minimum Gasteiger partial charge on any atom is -0.493 e. The zero-order chi connectivity index (χ0) is 30.2. The van der Waals surface area contributed by atoms with Crippen LogP contribution < -0.4 is 28.4 Å². The molecule has 2 aromatic carbocycles. The van der Waals surface area contributed by atoms with Crippen LogP contribution in [0.4, 0.5) is 0 Å². The van der Waals surface area contributed by atoms with Gasteiger partial charge in [-0.1, -0.05) is 11.8 Å². The minimum atomic E-state index is -0.283. The van der Waals surface area contributed by atoms with E-state index >= 15 is 0 Å². The van der Waals surface area contributed by atoms with Crippen LogP contribution in [0.25, 0.3) is 0 Å². The third kappa shape index (κ3) is 6.59. The molecule has 0 aromatic heterocycles. The molecule has 0 saturated carbocycles. The SMILES string of the molecule is COc1cc(C#CC(=O)N2CCN3CCN(C(=O)C#Cc4cc(OC)c(OC)c(OC)c4)CC3C2)cc(OC)c1OC. The van der Waals surface area contributed by atoms with Gasteiger partial charge in [-0.05, 0) is 24.3 Å².